The monoisotopic (exact) mass is 381 g/mol. The van der Waals surface area contributed by atoms with Crippen molar-refractivity contribution >= 4 is 23.2 Å². The number of ether oxygens (including phenoxy) is 2. The molecule has 0 fully saturated rings. The lowest BCUT2D eigenvalue weighted by atomic mass is 10.1. The molecule has 0 radical (unpaired) electrons. The van der Waals surface area contributed by atoms with Crippen molar-refractivity contribution in [2.75, 3.05) is 12.4 Å². The second kappa shape index (κ2) is 8.60. The average Bonchev–Trinajstić information content (AvgIpc) is 2.67. The first-order valence-corrected chi connectivity index (χ1v) is 8.86. The first-order chi connectivity index (χ1) is 13.0. The van der Waals surface area contributed by atoms with Crippen LogP contribution in [0, 0.1) is 6.92 Å². The zero-order valence-electron chi connectivity index (χ0n) is 15.2. The second-order valence-electron chi connectivity index (χ2n) is 6.09. The number of amides is 1. The van der Waals surface area contributed by atoms with Crippen LogP contribution < -0.4 is 14.8 Å². The Morgan fingerprint density at radius 1 is 1.04 bits per heavy atom. The molecule has 0 spiro atoms. The van der Waals surface area contributed by atoms with Crippen LogP contribution in [0.15, 0.2) is 66.7 Å². The van der Waals surface area contributed by atoms with Crippen LogP contribution in [0.5, 0.6) is 11.5 Å². The van der Waals surface area contributed by atoms with Crippen LogP contribution in [-0.2, 0) is 6.61 Å². The molecule has 27 heavy (non-hydrogen) atoms. The molecular weight excluding hydrogens is 362 g/mol. The highest BCUT2D eigenvalue weighted by Crippen LogP contribution is 2.24. The third-order valence-electron chi connectivity index (χ3n) is 4.03. The summed E-state index contributed by atoms with van der Waals surface area (Å²) in [5.41, 5.74) is 3.16. The normalized spacial score (nSPS) is 10.3. The number of methoxy groups -OCH3 is 1. The molecule has 0 aliphatic rings. The predicted octanol–water partition coefficient (Wildman–Crippen LogP) is 5.49. The number of carbonyl (C=O) groups excluding carboxylic acids is 1. The first-order valence-electron chi connectivity index (χ1n) is 8.48. The Hall–Kier alpha value is -2.98. The summed E-state index contributed by atoms with van der Waals surface area (Å²) in [5.74, 6) is 1.17. The molecule has 3 aromatic rings. The van der Waals surface area contributed by atoms with Crippen molar-refractivity contribution in [1.82, 2.24) is 0 Å². The molecule has 3 rings (SSSR count). The van der Waals surface area contributed by atoms with Gasteiger partial charge in [-0.05, 0) is 67.1 Å². The zero-order valence-corrected chi connectivity index (χ0v) is 15.9. The van der Waals surface area contributed by atoms with E-state index in [-0.39, 0.29) is 12.5 Å². The molecule has 0 aliphatic heterocycles. The standard InChI is InChI=1S/C22H20ClNO3/c1-15-4-3-5-19(12-15)24-22(25)16-6-11-21(26-2)17(13-16)14-27-20-9-7-18(23)8-10-20/h3-13H,14H2,1-2H3,(H,24,25). The number of carbonyl (C=O) groups is 1. The van der Waals surface area contributed by atoms with Gasteiger partial charge in [-0.2, -0.15) is 0 Å². The van der Waals surface area contributed by atoms with Gasteiger partial charge in [0, 0.05) is 21.8 Å². The van der Waals surface area contributed by atoms with Gasteiger partial charge in [0.05, 0.1) is 7.11 Å². The van der Waals surface area contributed by atoms with Gasteiger partial charge in [-0.1, -0.05) is 23.7 Å². The number of rotatable bonds is 6. The van der Waals surface area contributed by atoms with Crippen LogP contribution in [0.1, 0.15) is 21.5 Å². The smallest absolute Gasteiger partial charge is 0.255 e. The van der Waals surface area contributed by atoms with E-state index in [4.69, 9.17) is 21.1 Å². The van der Waals surface area contributed by atoms with E-state index in [0.29, 0.717) is 22.1 Å². The molecule has 0 aliphatic carbocycles. The summed E-state index contributed by atoms with van der Waals surface area (Å²) in [6.45, 7) is 2.26. The molecule has 0 saturated carbocycles. The van der Waals surface area contributed by atoms with E-state index < -0.39 is 0 Å². The number of benzene rings is 3. The SMILES string of the molecule is COc1ccc(C(=O)Nc2cccc(C)c2)cc1COc1ccc(Cl)cc1. The highest BCUT2D eigenvalue weighted by atomic mass is 35.5. The average molecular weight is 382 g/mol. The summed E-state index contributed by atoms with van der Waals surface area (Å²) in [4.78, 5) is 12.6. The van der Waals surface area contributed by atoms with Crippen molar-refractivity contribution in [2.45, 2.75) is 13.5 Å². The van der Waals surface area contributed by atoms with Gasteiger partial charge in [-0.15, -0.1) is 0 Å². The van der Waals surface area contributed by atoms with E-state index in [9.17, 15) is 4.79 Å². The van der Waals surface area contributed by atoms with Gasteiger partial charge in [0.15, 0.2) is 0 Å². The van der Waals surface area contributed by atoms with Gasteiger partial charge in [0.2, 0.25) is 0 Å². The molecule has 0 heterocycles. The van der Waals surface area contributed by atoms with E-state index in [0.717, 1.165) is 16.8 Å². The van der Waals surface area contributed by atoms with Crippen LogP contribution in [0.25, 0.3) is 0 Å². The summed E-state index contributed by atoms with van der Waals surface area (Å²) in [6.07, 6.45) is 0. The number of nitrogens with one attached hydrogen (secondary N) is 1. The van der Waals surface area contributed by atoms with Gasteiger partial charge in [0.25, 0.3) is 5.91 Å². The molecule has 0 bridgehead atoms. The minimum atomic E-state index is -0.184. The van der Waals surface area contributed by atoms with Crippen LogP contribution >= 0.6 is 11.6 Å². The highest BCUT2D eigenvalue weighted by Gasteiger charge is 2.11. The molecule has 0 saturated heterocycles. The minimum Gasteiger partial charge on any atom is -0.496 e. The molecule has 4 nitrogen and oxygen atoms in total. The Balaban J connectivity index is 1.75. The summed E-state index contributed by atoms with van der Waals surface area (Å²) >= 11 is 5.89. The molecule has 0 atom stereocenters. The number of hydrogen-bond donors (Lipinski definition) is 1. The van der Waals surface area contributed by atoms with E-state index in [1.54, 1.807) is 49.6 Å². The maximum absolute atomic E-state index is 12.6. The van der Waals surface area contributed by atoms with Crippen LogP contribution in [0.2, 0.25) is 5.02 Å². The lowest BCUT2D eigenvalue weighted by Gasteiger charge is -2.13. The Labute approximate surface area is 163 Å². The molecule has 138 valence electrons. The van der Waals surface area contributed by atoms with E-state index >= 15 is 0 Å². The number of hydrogen-bond acceptors (Lipinski definition) is 3. The lowest BCUT2D eigenvalue weighted by molar-refractivity contribution is 0.102. The van der Waals surface area contributed by atoms with Crippen LogP contribution in [0.4, 0.5) is 5.69 Å². The summed E-state index contributed by atoms with van der Waals surface area (Å²) < 4.78 is 11.2. The fraction of sp³-hybridized carbons (Fsp3) is 0.136. The topological polar surface area (TPSA) is 47.6 Å². The maximum atomic E-state index is 12.6. The Morgan fingerprint density at radius 3 is 2.52 bits per heavy atom. The van der Waals surface area contributed by atoms with Gasteiger partial charge < -0.3 is 14.8 Å². The molecular formula is C22H20ClNO3. The van der Waals surface area contributed by atoms with E-state index in [2.05, 4.69) is 5.32 Å². The fourth-order valence-corrected chi connectivity index (χ4v) is 2.78. The van der Waals surface area contributed by atoms with Crippen molar-refractivity contribution in [3.8, 4) is 11.5 Å². The quantitative estimate of drug-likeness (QED) is 0.614. The predicted molar refractivity (Wildman–Crippen MR) is 108 cm³/mol. The molecule has 1 N–H and O–H groups in total. The number of anilines is 1. The second-order valence-corrected chi connectivity index (χ2v) is 6.53. The van der Waals surface area contributed by atoms with Crippen molar-refractivity contribution in [3.05, 3.63) is 88.4 Å². The molecule has 5 heteroatoms. The van der Waals surface area contributed by atoms with Crippen molar-refractivity contribution in [1.29, 1.82) is 0 Å². The number of aryl methyl sites for hydroxylation is 1. The summed E-state index contributed by atoms with van der Waals surface area (Å²) in [7, 11) is 1.59. The maximum Gasteiger partial charge on any atom is 0.255 e. The number of halogens is 1. The van der Waals surface area contributed by atoms with E-state index in [1.165, 1.54) is 0 Å². The van der Waals surface area contributed by atoms with Crippen molar-refractivity contribution in [3.63, 3.8) is 0 Å². The third-order valence-corrected chi connectivity index (χ3v) is 4.28. The molecule has 0 aromatic heterocycles. The lowest BCUT2D eigenvalue weighted by Crippen LogP contribution is -2.13. The molecule has 1 amide bonds. The van der Waals surface area contributed by atoms with Crippen molar-refractivity contribution in [2.24, 2.45) is 0 Å². The van der Waals surface area contributed by atoms with Crippen LogP contribution in [-0.4, -0.2) is 13.0 Å². The van der Waals surface area contributed by atoms with Gasteiger partial charge in [0.1, 0.15) is 18.1 Å². The Morgan fingerprint density at radius 2 is 1.81 bits per heavy atom. The van der Waals surface area contributed by atoms with Gasteiger partial charge in [-0.3, -0.25) is 4.79 Å². The Kier molecular flexibility index (Phi) is 5.99. The summed E-state index contributed by atoms with van der Waals surface area (Å²) in [5, 5.41) is 3.56. The highest BCUT2D eigenvalue weighted by molar-refractivity contribution is 6.30. The Bertz CT molecular complexity index is 939. The fourth-order valence-electron chi connectivity index (χ4n) is 2.65. The van der Waals surface area contributed by atoms with E-state index in [1.807, 2.05) is 31.2 Å². The minimum absolute atomic E-state index is 0.184. The summed E-state index contributed by atoms with van der Waals surface area (Å²) in [6, 6.07) is 20.1. The van der Waals surface area contributed by atoms with Crippen molar-refractivity contribution < 1.29 is 14.3 Å². The zero-order chi connectivity index (χ0) is 19.2. The first kappa shape index (κ1) is 18.8. The molecule has 0 unspecified atom stereocenters. The van der Waals surface area contributed by atoms with Gasteiger partial charge in [-0.25, -0.2) is 0 Å². The molecule has 3 aromatic carbocycles. The van der Waals surface area contributed by atoms with Crippen LogP contribution in [0.3, 0.4) is 0 Å². The third kappa shape index (κ3) is 5.02. The largest absolute Gasteiger partial charge is 0.496 e. The van der Waals surface area contributed by atoms with Gasteiger partial charge >= 0.3 is 0 Å².